The van der Waals surface area contributed by atoms with Gasteiger partial charge in [-0.15, -0.1) is 0 Å². The highest BCUT2D eigenvalue weighted by molar-refractivity contribution is 5.86. The molecular weight excluding hydrogens is 354 g/mol. The van der Waals surface area contributed by atoms with E-state index in [9.17, 15) is 19.7 Å². The Balaban J connectivity index is 2.26. The summed E-state index contributed by atoms with van der Waals surface area (Å²) in [4.78, 5) is 33.5. The fraction of sp³-hybridized carbons (Fsp3) is 0.368. The van der Waals surface area contributed by atoms with Crippen LogP contribution in [0.15, 0.2) is 40.8 Å². The van der Waals surface area contributed by atoms with Gasteiger partial charge in [0, 0.05) is 31.4 Å². The van der Waals surface area contributed by atoms with Gasteiger partial charge in [-0.3, -0.25) is 14.9 Å². The van der Waals surface area contributed by atoms with Crippen molar-refractivity contribution in [1.82, 2.24) is 0 Å². The third-order valence-electron chi connectivity index (χ3n) is 4.01. The van der Waals surface area contributed by atoms with Gasteiger partial charge in [0.15, 0.2) is 0 Å². The first-order chi connectivity index (χ1) is 12.8. The molecule has 2 rings (SSSR count). The molecule has 2 atom stereocenters. The minimum atomic E-state index is -0.552. The van der Waals surface area contributed by atoms with Crippen molar-refractivity contribution in [3.05, 3.63) is 63.6 Å². The van der Waals surface area contributed by atoms with Gasteiger partial charge in [-0.25, -0.2) is 4.79 Å². The van der Waals surface area contributed by atoms with Crippen LogP contribution in [-0.4, -0.2) is 29.6 Å². The number of non-ortho nitro benzene ring substituents is 1. The Morgan fingerprint density at radius 2 is 1.85 bits per heavy atom. The zero-order valence-corrected chi connectivity index (χ0v) is 15.3. The van der Waals surface area contributed by atoms with E-state index in [4.69, 9.17) is 13.9 Å². The number of carbonyl (C=O) groups is 2. The summed E-state index contributed by atoms with van der Waals surface area (Å²) in [5, 5.41) is 10.8. The van der Waals surface area contributed by atoms with E-state index in [0.29, 0.717) is 12.2 Å². The zero-order valence-electron chi connectivity index (χ0n) is 15.3. The van der Waals surface area contributed by atoms with Gasteiger partial charge in [0.25, 0.3) is 5.69 Å². The van der Waals surface area contributed by atoms with Crippen molar-refractivity contribution >= 4 is 17.6 Å². The van der Waals surface area contributed by atoms with Crippen LogP contribution in [0.25, 0.3) is 0 Å². The minimum absolute atomic E-state index is 0.0276. The summed E-state index contributed by atoms with van der Waals surface area (Å²) in [7, 11) is 0. The summed E-state index contributed by atoms with van der Waals surface area (Å²) in [6, 6.07) is 9.22. The number of nitrogens with zero attached hydrogens (tertiary/aromatic N) is 1. The zero-order chi connectivity index (χ0) is 20.0. The lowest BCUT2D eigenvalue weighted by atomic mass is 9.90. The van der Waals surface area contributed by atoms with E-state index >= 15 is 0 Å². The summed E-state index contributed by atoms with van der Waals surface area (Å²) >= 11 is 0. The molecule has 1 heterocycles. The Morgan fingerprint density at radius 1 is 1.19 bits per heavy atom. The number of rotatable bonds is 8. The van der Waals surface area contributed by atoms with Crippen LogP contribution in [0.5, 0.6) is 0 Å². The molecule has 0 bridgehead atoms. The van der Waals surface area contributed by atoms with Crippen LogP contribution in [0.3, 0.4) is 0 Å². The Labute approximate surface area is 156 Å². The molecule has 0 amide bonds. The number of furan rings is 1. The van der Waals surface area contributed by atoms with E-state index in [1.807, 2.05) is 0 Å². The Bertz CT molecular complexity index is 810. The smallest absolute Gasteiger partial charge is 0.374 e. The molecule has 27 heavy (non-hydrogen) atoms. The fourth-order valence-corrected chi connectivity index (χ4v) is 2.76. The molecule has 0 saturated carbocycles. The molecule has 0 spiro atoms. The van der Waals surface area contributed by atoms with Crippen molar-refractivity contribution in [1.29, 1.82) is 0 Å². The summed E-state index contributed by atoms with van der Waals surface area (Å²) in [6.45, 7) is 4.99. The second-order valence-corrected chi connectivity index (χ2v) is 5.96. The lowest BCUT2D eigenvalue weighted by Gasteiger charge is -2.23. The molecule has 0 aliphatic carbocycles. The summed E-state index contributed by atoms with van der Waals surface area (Å²) in [5.41, 5.74) is 0.726. The molecule has 144 valence electrons. The van der Waals surface area contributed by atoms with Crippen LogP contribution < -0.4 is 0 Å². The normalized spacial score (nSPS) is 12.9. The average Bonchev–Trinajstić information content (AvgIpc) is 3.08. The summed E-state index contributed by atoms with van der Waals surface area (Å²) in [5.74, 6) is -0.685. The second kappa shape index (κ2) is 8.98. The van der Waals surface area contributed by atoms with Gasteiger partial charge < -0.3 is 13.9 Å². The molecule has 0 radical (unpaired) electrons. The molecule has 0 aliphatic heterocycles. The van der Waals surface area contributed by atoms with Crippen molar-refractivity contribution < 1.29 is 28.4 Å². The Kier molecular flexibility index (Phi) is 6.70. The number of hydrogen-bond donors (Lipinski definition) is 0. The number of benzene rings is 1. The number of esters is 2. The van der Waals surface area contributed by atoms with Gasteiger partial charge in [-0.2, -0.15) is 0 Å². The monoisotopic (exact) mass is 375 g/mol. The van der Waals surface area contributed by atoms with Gasteiger partial charge in [0.05, 0.1) is 11.5 Å². The lowest BCUT2D eigenvalue weighted by molar-refractivity contribution is -0.384. The number of ether oxygens (including phenoxy) is 2. The third kappa shape index (κ3) is 5.40. The van der Waals surface area contributed by atoms with Crippen LogP contribution in [-0.2, 0) is 20.7 Å². The first kappa shape index (κ1) is 20.2. The quantitative estimate of drug-likeness (QED) is 0.393. The molecule has 0 fully saturated rings. The highest BCUT2D eigenvalue weighted by atomic mass is 16.6. The van der Waals surface area contributed by atoms with Gasteiger partial charge in [0.2, 0.25) is 5.76 Å². The first-order valence-electron chi connectivity index (χ1n) is 8.49. The largest absolute Gasteiger partial charge is 0.462 e. The average molecular weight is 375 g/mol. The van der Waals surface area contributed by atoms with Crippen molar-refractivity contribution in [2.75, 3.05) is 6.61 Å². The standard InChI is InChI=1S/C19H21NO7/c1-4-25-19(22)18-10-9-16(27-18)11-17(12(2)26-13(3)21)14-5-7-15(8-6-14)20(23)24/h5-10,12,17H,4,11H2,1-3H3/t12-,17-/m1/s1. The van der Waals surface area contributed by atoms with Crippen molar-refractivity contribution in [2.24, 2.45) is 0 Å². The van der Waals surface area contributed by atoms with E-state index in [1.54, 1.807) is 32.0 Å². The van der Waals surface area contributed by atoms with Crippen molar-refractivity contribution in [3.63, 3.8) is 0 Å². The lowest BCUT2D eigenvalue weighted by Crippen LogP contribution is -2.23. The molecule has 1 aromatic heterocycles. The predicted molar refractivity (Wildman–Crippen MR) is 95.4 cm³/mol. The fourth-order valence-electron chi connectivity index (χ4n) is 2.76. The van der Waals surface area contributed by atoms with E-state index in [2.05, 4.69) is 0 Å². The van der Waals surface area contributed by atoms with Crippen LogP contribution >= 0.6 is 0 Å². The molecule has 8 nitrogen and oxygen atoms in total. The van der Waals surface area contributed by atoms with Gasteiger partial charge in [0.1, 0.15) is 11.9 Å². The van der Waals surface area contributed by atoms with Crippen molar-refractivity contribution in [3.8, 4) is 0 Å². The van der Waals surface area contributed by atoms with E-state index in [0.717, 1.165) is 5.56 Å². The minimum Gasteiger partial charge on any atom is -0.462 e. The maximum atomic E-state index is 11.7. The van der Waals surface area contributed by atoms with Gasteiger partial charge in [-0.05, 0) is 31.5 Å². The highest BCUT2D eigenvalue weighted by Gasteiger charge is 2.25. The van der Waals surface area contributed by atoms with Gasteiger partial charge in [-0.1, -0.05) is 12.1 Å². The number of carbonyl (C=O) groups excluding carboxylic acids is 2. The molecule has 0 N–H and O–H groups in total. The number of nitro benzene ring substituents is 1. The molecule has 2 aromatic rings. The maximum absolute atomic E-state index is 11.7. The molecule has 0 saturated heterocycles. The Morgan fingerprint density at radius 3 is 2.41 bits per heavy atom. The van der Waals surface area contributed by atoms with Crippen LogP contribution in [0, 0.1) is 10.1 Å². The van der Waals surface area contributed by atoms with Crippen LogP contribution in [0.1, 0.15) is 48.6 Å². The van der Waals surface area contributed by atoms with E-state index in [1.165, 1.54) is 25.1 Å². The van der Waals surface area contributed by atoms with Crippen LogP contribution in [0.4, 0.5) is 5.69 Å². The van der Waals surface area contributed by atoms with E-state index < -0.39 is 23.0 Å². The van der Waals surface area contributed by atoms with Crippen molar-refractivity contribution in [2.45, 2.75) is 39.2 Å². The summed E-state index contributed by atoms with van der Waals surface area (Å²) < 4.78 is 15.7. The second-order valence-electron chi connectivity index (χ2n) is 5.96. The third-order valence-corrected chi connectivity index (χ3v) is 4.01. The molecule has 0 unspecified atom stereocenters. The predicted octanol–water partition coefficient (Wildman–Crippen LogP) is 3.64. The molecule has 0 aliphatic rings. The van der Waals surface area contributed by atoms with Gasteiger partial charge >= 0.3 is 11.9 Å². The molecular formula is C19H21NO7. The number of nitro groups is 1. The SMILES string of the molecule is CCOC(=O)c1ccc(C[C@@H](c2ccc([N+](=O)[O-])cc2)[C@@H](C)OC(C)=O)o1. The molecule has 1 aromatic carbocycles. The maximum Gasteiger partial charge on any atom is 0.374 e. The first-order valence-corrected chi connectivity index (χ1v) is 8.49. The van der Waals surface area contributed by atoms with E-state index in [-0.39, 0.29) is 24.0 Å². The highest BCUT2D eigenvalue weighted by Crippen LogP contribution is 2.29. The molecule has 8 heteroatoms. The summed E-state index contributed by atoms with van der Waals surface area (Å²) in [6.07, 6.45) is -0.161. The number of hydrogen-bond acceptors (Lipinski definition) is 7. The Hall–Kier alpha value is -3.16. The topological polar surface area (TPSA) is 109 Å². The van der Waals surface area contributed by atoms with Crippen LogP contribution in [0.2, 0.25) is 0 Å².